The van der Waals surface area contributed by atoms with E-state index in [1.54, 1.807) is 0 Å². The molecule has 11 aromatic rings. The van der Waals surface area contributed by atoms with Crippen LogP contribution >= 0.6 is 0 Å². The molecule has 2 aliphatic rings. The van der Waals surface area contributed by atoms with Crippen molar-refractivity contribution in [1.82, 2.24) is 14.1 Å². The molecule has 372 valence electrons. The predicted molar refractivity (Wildman–Crippen MR) is 310 cm³/mol. The molecule has 0 aliphatic carbocycles. The van der Waals surface area contributed by atoms with Gasteiger partial charge in [0.25, 0.3) is 0 Å². The van der Waals surface area contributed by atoms with Gasteiger partial charge in [-0.2, -0.15) is 12.1 Å². The van der Waals surface area contributed by atoms with Gasteiger partial charge in [0.2, 0.25) is 0 Å². The number of hydrogen-bond acceptors (Lipinski definition) is 4. The molecule has 2 aliphatic heterocycles. The van der Waals surface area contributed by atoms with Crippen LogP contribution in [-0.4, -0.2) is 21.1 Å². The van der Waals surface area contributed by atoms with Crippen LogP contribution in [-0.2, 0) is 30.2 Å². The average molecular weight is 1160 g/mol. The zero-order valence-electron chi connectivity index (χ0n) is 43.3. The number of imidazole rings is 1. The van der Waals surface area contributed by atoms with Gasteiger partial charge in [0.05, 0.1) is 0 Å². The molecule has 0 saturated carbocycles. The summed E-state index contributed by atoms with van der Waals surface area (Å²) >= 11 is 2.53. The number of aromatic nitrogens is 3. The van der Waals surface area contributed by atoms with Gasteiger partial charge in [-0.1, -0.05) is 42.5 Å². The van der Waals surface area contributed by atoms with E-state index in [9.17, 15) is 0 Å². The summed E-state index contributed by atoms with van der Waals surface area (Å²) in [6, 6.07) is 85.4. The standard InChI is InChI=1S/C68H54BN5O.Pt/c1-67(2,3)50-40-48(46-23-9-7-10-24-46)39-49(41-50)57-43-51(68(4,5)6)42-56(47-25-11-8-12-26-47)66(57)72-45-71(60-33-17-18-34-61(60)72)52-27-21-28-53(44-52)75-65-38-22-37-64(70-65)74-63-36-20-19-35-62(63)73-59-32-16-14-30-55(59)54-29-13-15-31-58(54)69(73)74;/h7-35,37-43H,1-6H3;/q-2;. The predicted octanol–water partition coefficient (Wildman–Crippen LogP) is 16.5. The molecule has 0 N–H and O–H groups in total. The quantitative estimate of drug-likeness (QED) is 0.112. The van der Waals surface area contributed by atoms with Crippen molar-refractivity contribution < 1.29 is 24.1 Å². The average Bonchev–Trinajstić information content (AvgIpc) is 4.08. The van der Waals surface area contributed by atoms with E-state index in [0.717, 1.165) is 65.8 Å². The molecule has 0 radical (unpaired) electrons. The summed E-state index contributed by atoms with van der Waals surface area (Å²) in [6.45, 7) is 13.7. The monoisotopic (exact) mass is 1160 g/mol. The summed E-state index contributed by atoms with van der Waals surface area (Å²) in [5.74, 6) is 1.79. The third kappa shape index (κ3) is 8.17. The van der Waals surface area contributed by atoms with Crippen LogP contribution in [0.2, 0.25) is 0 Å². The van der Waals surface area contributed by atoms with Crippen molar-refractivity contribution in [1.29, 1.82) is 0 Å². The molecule has 4 heterocycles. The van der Waals surface area contributed by atoms with Crippen molar-refractivity contribution in [2.24, 2.45) is 0 Å². The Labute approximate surface area is 456 Å². The fraction of sp³-hybridized carbons (Fsp3) is 0.118. The van der Waals surface area contributed by atoms with Gasteiger partial charge in [-0.05, 0) is 11.6 Å². The summed E-state index contributed by atoms with van der Waals surface area (Å²) in [7, 11) is 0. The van der Waals surface area contributed by atoms with E-state index in [1.807, 2.05) is 30.3 Å². The number of pyridine rings is 1. The normalized spacial score (nSPS) is 12.9. The van der Waals surface area contributed by atoms with Crippen LogP contribution in [0.4, 0.5) is 22.9 Å². The van der Waals surface area contributed by atoms with Gasteiger partial charge in [0.15, 0.2) is 0 Å². The van der Waals surface area contributed by atoms with Gasteiger partial charge in [0.1, 0.15) is 0 Å². The molecule has 6 nitrogen and oxygen atoms in total. The number of rotatable bonds is 8. The van der Waals surface area contributed by atoms with Crippen LogP contribution < -0.4 is 19.8 Å². The Hall–Kier alpha value is -8.25. The van der Waals surface area contributed by atoms with Crippen LogP contribution in [0.5, 0.6) is 11.6 Å². The first kappa shape index (κ1) is 47.5. The van der Waals surface area contributed by atoms with Crippen LogP contribution in [0.25, 0.3) is 66.9 Å². The summed E-state index contributed by atoms with van der Waals surface area (Å²) in [5.41, 5.74) is 20.2. The Kier molecular flexibility index (Phi) is 11.6. The van der Waals surface area contributed by atoms with Crippen molar-refractivity contribution in [2.75, 3.05) is 9.62 Å². The van der Waals surface area contributed by atoms with Gasteiger partial charge in [-0.25, -0.2) is 0 Å². The molecule has 76 heavy (non-hydrogen) atoms. The van der Waals surface area contributed by atoms with Crippen molar-refractivity contribution in [3.63, 3.8) is 0 Å². The van der Waals surface area contributed by atoms with Crippen LogP contribution in [0.15, 0.2) is 218 Å². The van der Waals surface area contributed by atoms with Gasteiger partial charge >= 0.3 is 376 Å². The second kappa shape index (κ2) is 18.5. The molecule has 0 saturated heterocycles. The molecular weight excluding hydrogens is 1110 g/mol. The van der Waals surface area contributed by atoms with Crippen LogP contribution in [0, 0.1) is 15.9 Å². The first-order valence-corrected chi connectivity index (χ1v) is 27.1. The third-order valence-corrected chi connectivity index (χ3v) is 15.9. The molecule has 0 fully saturated rings. The first-order chi connectivity index (χ1) is 36.9. The van der Waals surface area contributed by atoms with E-state index in [2.05, 4.69) is 280 Å². The van der Waals surface area contributed by atoms with Gasteiger partial charge in [-0.15, -0.1) is 6.07 Å². The summed E-state index contributed by atoms with van der Waals surface area (Å²) in [6.07, 6.45) is 0. The van der Waals surface area contributed by atoms with E-state index in [1.165, 1.54) is 44.4 Å². The zero-order valence-corrected chi connectivity index (χ0v) is 45.6. The van der Waals surface area contributed by atoms with E-state index in [0.29, 0.717) is 11.6 Å². The minimum absolute atomic E-state index is 0.102. The Morgan fingerprint density at radius 2 is 1.09 bits per heavy atom. The molecule has 0 atom stereocenters. The van der Waals surface area contributed by atoms with Crippen molar-refractivity contribution in [2.45, 2.75) is 52.4 Å². The number of hydrogen-bond donors (Lipinski definition) is 0. The van der Waals surface area contributed by atoms with Crippen LogP contribution in [0.1, 0.15) is 52.7 Å². The number of anilines is 4. The fourth-order valence-corrected chi connectivity index (χ4v) is 12.2. The molecule has 0 unspecified atom stereocenters. The second-order valence-corrected chi connectivity index (χ2v) is 22.8. The molecule has 0 spiro atoms. The summed E-state index contributed by atoms with van der Waals surface area (Å²) in [4.78, 5) is 9.96. The Morgan fingerprint density at radius 3 is 1.84 bits per heavy atom. The molecular formula is C68H54BN5OPt-2. The van der Waals surface area contributed by atoms with Crippen molar-refractivity contribution in [3.8, 4) is 67.5 Å². The number of benzene rings is 9. The maximum atomic E-state index is 6.78. The number of fused-ring (bicyclic) bond motifs is 9. The molecule has 13 rings (SSSR count). The number of ether oxygens (including phenoxy) is 1. The van der Waals surface area contributed by atoms with Crippen molar-refractivity contribution in [3.05, 3.63) is 245 Å². The Bertz CT molecular complexity index is 4110. The fourth-order valence-electron chi connectivity index (χ4n) is 11.1. The second-order valence-electron chi connectivity index (χ2n) is 21.8. The molecule has 8 heteroatoms. The topological polar surface area (TPSA) is 38.5 Å². The molecule has 0 amide bonds. The molecule has 2 aromatic heterocycles. The maximum absolute atomic E-state index is 6.78. The van der Waals surface area contributed by atoms with E-state index in [4.69, 9.17) is 9.72 Å². The summed E-state index contributed by atoms with van der Waals surface area (Å²) in [5, 5.41) is 0. The Balaban J connectivity index is 0.952. The van der Waals surface area contributed by atoms with E-state index >= 15 is 0 Å². The Morgan fingerprint density at radius 1 is 0.487 bits per heavy atom. The SMILES string of the molecule is CC(C)(C)c1cc(-c2ccccc2)cc(-c2cc(C(C)(C)C)cc(-c3ccccc3)c2-n2[c](=[Pt])n(-c3[c-]c(Oc4cccc(N5B6c7ccccc7-c7ccccc7N6c6ccc[c-]c65)n4)ccc3)c3ccccc32)c1. The first-order valence-electron chi connectivity index (χ1n) is 26.0. The molecule has 9 aromatic carbocycles. The van der Waals surface area contributed by atoms with Gasteiger partial charge in [-0.3, -0.25) is 0 Å². The van der Waals surface area contributed by atoms with E-state index < -0.39 is 0 Å². The molecule has 0 bridgehead atoms. The number of para-hydroxylation sites is 4. The van der Waals surface area contributed by atoms with Gasteiger partial charge in [0, 0.05) is 11.3 Å². The third-order valence-electron chi connectivity index (χ3n) is 14.9. The number of nitrogens with zero attached hydrogens (tertiary/aromatic N) is 5. The zero-order chi connectivity index (χ0) is 51.9. The van der Waals surface area contributed by atoms with Crippen LogP contribution in [0.3, 0.4) is 0 Å². The van der Waals surface area contributed by atoms with E-state index in [-0.39, 0.29) is 17.8 Å². The van der Waals surface area contributed by atoms with Gasteiger partial charge < -0.3 is 0 Å². The minimum atomic E-state index is -0.172. The van der Waals surface area contributed by atoms with Crippen molar-refractivity contribution >= 4 is 46.4 Å². The summed E-state index contributed by atoms with van der Waals surface area (Å²) < 4.78 is 12.5.